The number of nitrogens with zero attached hydrogens (tertiary/aromatic N) is 2. The van der Waals surface area contributed by atoms with E-state index >= 15 is 0 Å². The Balaban J connectivity index is 0.00000127. The van der Waals surface area contributed by atoms with Gasteiger partial charge in [0.1, 0.15) is 5.41 Å². The molecule has 0 saturated carbocycles. The molecule has 0 fully saturated rings. The van der Waals surface area contributed by atoms with Gasteiger partial charge in [0, 0.05) is 29.4 Å². The topological polar surface area (TPSA) is 36.3 Å². The summed E-state index contributed by atoms with van der Waals surface area (Å²) in [5.74, 6) is 6.23. The summed E-state index contributed by atoms with van der Waals surface area (Å²) in [7, 11) is 0. The van der Waals surface area contributed by atoms with Gasteiger partial charge in [0.25, 0.3) is 0 Å². The van der Waals surface area contributed by atoms with E-state index in [0.717, 1.165) is 24.3 Å². The Labute approximate surface area is 141 Å². The minimum atomic E-state index is -0.633. The molecular formula is C20H28N2O. The Hall–Kier alpha value is -1.97. The predicted octanol–water partition coefficient (Wildman–Crippen LogP) is 4.36. The van der Waals surface area contributed by atoms with E-state index in [9.17, 15) is 0 Å². The summed E-state index contributed by atoms with van der Waals surface area (Å²) < 4.78 is 5.73. The highest BCUT2D eigenvalue weighted by molar-refractivity contribution is 5.61. The molecule has 0 aliphatic carbocycles. The van der Waals surface area contributed by atoms with Crippen molar-refractivity contribution in [2.24, 2.45) is 5.41 Å². The summed E-state index contributed by atoms with van der Waals surface area (Å²) in [4.78, 5) is 2.35. The van der Waals surface area contributed by atoms with Gasteiger partial charge < -0.3 is 9.64 Å². The van der Waals surface area contributed by atoms with Crippen molar-refractivity contribution in [2.75, 3.05) is 18.1 Å². The lowest BCUT2D eigenvalue weighted by molar-refractivity contribution is 0.131. The van der Waals surface area contributed by atoms with Crippen molar-refractivity contribution in [3.8, 4) is 17.9 Å². The highest BCUT2D eigenvalue weighted by Gasteiger charge is 2.20. The number of hydrogen-bond acceptors (Lipinski definition) is 3. The van der Waals surface area contributed by atoms with Gasteiger partial charge in [-0.3, -0.25) is 0 Å². The van der Waals surface area contributed by atoms with Crippen molar-refractivity contribution in [3.05, 3.63) is 29.3 Å². The molecular weight excluding hydrogens is 284 g/mol. The fourth-order valence-corrected chi connectivity index (χ4v) is 2.36. The smallest absolute Gasteiger partial charge is 0.112 e. The number of benzene rings is 1. The Bertz CT molecular complexity index is 615. The molecule has 1 heterocycles. The number of anilines is 1. The van der Waals surface area contributed by atoms with Crippen molar-refractivity contribution in [3.63, 3.8) is 0 Å². The molecule has 0 amide bonds. The minimum absolute atomic E-state index is 0.421. The van der Waals surface area contributed by atoms with E-state index in [1.165, 1.54) is 5.69 Å². The van der Waals surface area contributed by atoms with E-state index in [2.05, 4.69) is 42.7 Å². The lowest BCUT2D eigenvalue weighted by Gasteiger charge is -2.28. The molecule has 0 N–H and O–H groups in total. The molecule has 0 aromatic heterocycles. The molecule has 3 nitrogen and oxygen atoms in total. The first-order chi connectivity index (χ1) is 10.9. The zero-order chi connectivity index (χ0) is 17.5. The van der Waals surface area contributed by atoms with E-state index in [4.69, 9.17) is 10.00 Å². The molecule has 0 saturated heterocycles. The maximum atomic E-state index is 9.08. The van der Waals surface area contributed by atoms with Crippen molar-refractivity contribution < 1.29 is 4.74 Å². The van der Waals surface area contributed by atoms with Crippen LogP contribution in [0.15, 0.2) is 18.2 Å². The molecule has 0 radical (unpaired) electrons. The van der Waals surface area contributed by atoms with E-state index in [-0.39, 0.29) is 0 Å². The Kier molecular flexibility index (Phi) is 7.14. The van der Waals surface area contributed by atoms with Crippen molar-refractivity contribution in [2.45, 2.75) is 54.2 Å². The molecule has 3 heteroatoms. The second-order valence-corrected chi connectivity index (χ2v) is 6.13. The highest BCUT2D eigenvalue weighted by atomic mass is 16.5. The summed E-state index contributed by atoms with van der Waals surface area (Å²) in [6, 6.07) is 8.80. The van der Waals surface area contributed by atoms with Crippen LogP contribution in [-0.2, 0) is 11.3 Å². The predicted molar refractivity (Wildman–Crippen MR) is 96.2 cm³/mol. The van der Waals surface area contributed by atoms with Crippen molar-refractivity contribution in [1.29, 1.82) is 5.26 Å². The average molecular weight is 312 g/mol. The first-order valence-electron chi connectivity index (χ1n) is 8.35. The Morgan fingerprint density at radius 1 is 1.26 bits per heavy atom. The molecule has 0 atom stereocenters. The number of rotatable bonds is 1. The van der Waals surface area contributed by atoms with Crippen LogP contribution in [0.3, 0.4) is 0 Å². The third-order valence-corrected chi connectivity index (χ3v) is 3.60. The van der Waals surface area contributed by atoms with Crippen LogP contribution < -0.4 is 4.90 Å². The quantitative estimate of drug-likeness (QED) is 0.723. The fourth-order valence-electron chi connectivity index (χ4n) is 2.36. The third kappa shape index (κ3) is 5.02. The van der Waals surface area contributed by atoms with E-state index in [1.807, 2.05) is 39.8 Å². The number of fused-ring (bicyclic) bond motifs is 1. The summed E-state index contributed by atoms with van der Waals surface area (Å²) in [6.45, 7) is 14.2. The first kappa shape index (κ1) is 19.1. The van der Waals surface area contributed by atoms with Gasteiger partial charge in [0.05, 0.1) is 19.3 Å². The van der Waals surface area contributed by atoms with Crippen LogP contribution in [0.1, 0.15) is 52.7 Å². The SMILES string of the molecule is CC.CC(C)N1CCOCc2c(C#CC(C)(C)C#N)cccc21. The Morgan fingerprint density at radius 2 is 1.96 bits per heavy atom. The van der Waals surface area contributed by atoms with E-state index in [0.29, 0.717) is 12.6 Å². The van der Waals surface area contributed by atoms with Crippen molar-refractivity contribution >= 4 is 5.69 Å². The third-order valence-electron chi connectivity index (χ3n) is 3.60. The van der Waals surface area contributed by atoms with E-state index < -0.39 is 5.41 Å². The molecule has 1 aromatic carbocycles. The van der Waals surface area contributed by atoms with E-state index in [1.54, 1.807) is 0 Å². The maximum absolute atomic E-state index is 9.08. The first-order valence-corrected chi connectivity index (χ1v) is 8.35. The number of nitriles is 1. The summed E-state index contributed by atoms with van der Waals surface area (Å²) in [5.41, 5.74) is 2.66. The van der Waals surface area contributed by atoms with Gasteiger partial charge in [-0.2, -0.15) is 5.26 Å². The van der Waals surface area contributed by atoms with Gasteiger partial charge in [-0.1, -0.05) is 31.8 Å². The van der Waals surface area contributed by atoms with Crippen LogP contribution in [0.5, 0.6) is 0 Å². The zero-order valence-electron chi connectivity index (χ0n) is 15.2. The van der Waals surface area contributed by atoms with Gasteiger partial charge in [-0.15, -0.1) is 0 Å². The molecule has 0 spiro atoms. The van der Waals surface area contributed by atoms with Gasteiger partial charge in [-0.05, 0) is 39.8 Å². The van der Waals surface area contributed by atoms with Crippen LogP contribution >= 0.6 is 0 Å². The molecule has 1 aliphatic heterocycles. The number of hydrogen-bond donors (Lipinski definition) is 0. The minimum Gasteiger partial charge on any atom is -0.375 e. The van der Waals surface area contributed by atoms with Gasteiger partial charge >= 0.3 is 0 Å². The maximum Gasteiger partial charge on any atom is 0.112 e. The molecule has 1 aliphatic rings. The van der Waals surface area contributed by atoms with Gasteiger partial charge in [-0.25, -0.2) is 0 Å². The average Bonchev–Trinajstić information content (AvgIpc) is 2.77. The molecule has 124 valence electrons. The molecule has 2 rings (SSSR count). The van der Waals surface area contributed by atoms with Gasteiger partial charge in [0.2, 0.25) is 0 Å². The van der Waals surface area contributed by atoms with Crippen LogP contribution in [0.25, 0.3) is 0 Å². The molecule has 0 bridgehead atoms. The Morgan fingerprint density at radius 3 is 2.57 bits per heavy atom. The van der Waals surface area contributed by atoms with Crippen LogP contribution in [0.2, 0.25) is 0 Å². The monoisotopic (exact) mass is 312 g/mol. The lowest BCUT2D eigenvalue weighted by Crippen LogP contribution is -2.33. The largest absolute Gasteiger partial charge is 0.375 e. The fraction of sp³-hybridized carbons (Fsp3) is 0.550. The van der Waals surface area contributed by atoms with Crippen LogP contribution in [0, 0.1) is 28.6 Å². The standard InChI is InChI=1S/C18H22N2O.C2H6/c1-14(2)20-10-11-21-12-16-15(6-5-7-17(16)20)8-9-18(3,4)13-19;1-2/h5-7,14H,10-12H2,1-4H3;1-2H3. The summed E-state index contributed by atoms with van der Waals surface area (Å²) in [5, 5.41) is 9.08. The van der Waals surface area contributed by atoms with Crippen LogP contribution in [0.4, 0.5) is 5.69 Å². The zero-order valence-corrected chi connectivity index (χ0v) is 15.2. The summed E-state index contributed by atoms with van der Waals surface area (Å²) in [6.07, 6.45) is 0. The second-order valence-electron chi connectivity index (χ2n) is 6.13. The molecule has 0 unspecified atom stereocenters. The molecule has 23 heavy (non-hydrogen) atoms. The lowest BCUT2D eigenvalue weighted by atomic mass is 9.95. The second kappa shape index (κ2) is 8.61. The van der Waals surface area contributed by atoms with Crippen molar-refractivity contribution in [1.82, 2.24) is 0 Å². The normalized spacial score (nSPS) is 13.7. The molecule has 1 aromatic rings. The summed E-state index contributed by atoms with van der Waals surface area (Å²) >= 11 is 0. The highest BCUT2D eigenvalue weighted by Crippen LogP contribution is 2.28. The van der Waals surface area contributed by atoms with Crippen LogP contribution in [-0.4, -0.2) is 19.2 Å². The van der Waals surface area contributed by atoms with Gasteiger partial charge in [0.15, 0.2) is 0 Å². The number of ether oxygens (including phenoxy) is 1.